The van der Waals surface area contributed by atoms with Crippen molar-refractivity contribution in [2.75, 3.05) is 12.4 Å². The third-order valence-corrected chi connectivity index (χ3v) is 3.12. The molecule has 10 heteroatoms. The molecule has 0 aliphatic rings. The predicted molar refractivity (Wildman–Crippen MR) is 89.9 cm³/mol. The van der Waals surface area contributed by atoms with Gasteiger partial charge < -0.3 is 15.2 Å². The molecule has 0 heterocycles. The van der Waals surface area contributed by atoms with E-state index in [9.17, 15) is 24.8 Å². The predicted octanol–water partition coefficient (Wildman–Crippen LogP) is 0.766. The zero-order valence-electron chi connectivity index (χ0n) is 13.5. The molecule has 0 aliphatic carbocycles. The van der Waals surface area contributed by atoms with Gasteiger partial charge >= 0.3 is 11.8 Å². The number of nitrogens with zero attached hydrogens (tertiary/aromatic N) is 2. The van der Waals surface area contributed by atoms with E-state index >= 15 is 0 Å². The van der Waals surface area contributed by atoms with E-state index in [1.807, 2.05) is 5.43 Å². The number of para-hydroxylation sites is 2. The number of methoxy groups -OCH3 is 1. The first kappa shape index (κ1) is 18.4. The molecule has 2 aromatic rings. The van der Waals surface area contributed by atoms with Crippen LogP contribution in [0.25, 0.3) is 0 Å². The summed E-state index contributed by atoms with van der Waals surface area (Å²) in [6.07, 6.45) is 1.07. The topological polar surface area (TPSA) is 146 Å². The van der Waals surface area contributed by atoms with Crippen molar-refractivity contribution in [2.45, 2.75) is 0 Å². The summed E-state index contributed by atoms with van der Waals surface area (Å²) < 4.78 is 5.05. The van der Waals surface area contributed by atoms with Gasteiger partial charge in [-0.1, -0.05) is 24.3 Å². The van der Waals surface area contributed by atoms with Gasteiger partial charge in [0.15, 0.2) is 0 Å². The highest BCUT2D eigenvalue weighted by molar-refractivity contribution is 6.39. The highest BCUT2D eigenvalue weighted by Gasteiger charge is 2.15. The van der Waals surface area contributed by atoms with Gasteiger partial charge in [0.25, 0.3) is 5.69 Å². The van der Waals surface area contributed by atoms with Crippen LogP contribution in [0, 0.1) is 10.1 Å². The molecule has 134 valence electrons. The molecule has 0 atom stereocenters. The Morgan fingerprint density at radius 1 is 1.19 bits per heavy atom. The maximum Gasteiger partial charge on any atom is 0.329 e. The van der Waals surface area contributed by atoms with Gasteiger partial charge in [-0.25, -0.2) is 5.43 Å². The van der Waals surface area contributed by atoms with Gasteiger partial charge in [0.2, 0.25) is 0 Å². The molecule has 0 saturated carbocycles. The van der Waals surface area contributed by atoms with Crippen LogP contribution in [0.3, 0.4) is 0 Å². The smallest absolute Gasteiger partial charge is 0.329 e. The third-order valence-electron chi connectivity index (χ3n) is 3.12. The van der Waals surface area contributed by atoms with Gasteiger partial charge in [-0.3, -0.25) is 19.7 Å². The summed E-state index contributed by atoms with van der Waals surface area (Å²) in [5, 5.41) is 27.9. The Kier molecular flexibility index (Phi) is 5.83. The van der Waals surface area contributed by atoms with E-state index < -0.39 is 28.2 Å². The SMILES string of the molecule is COc1ccccc1NC(=O)C(=O)N/N=C\c1ccc([O-])c([N+](=O)[O-])c1. The number of benzene rings is 2. The molecule has 0 spiro atoms. The lowest BCUT2D eigenvalue weighted by Gasteiger charge is -2.08. The molecule has 0 radical (unpaired) electrons. The first-order valence-corrected chi connectivity index (χ1v) is 7.15. The summed E-state index contributed by atoms with van der Waals surface area (Å²) in [7, 11) is 1.42. The summed E-state index contributed by atoms with van der Waals surface area (Å²) in [4.78, 5) is 33.4. The quantitative estimate of drug-likeness (QED) is 0.350. The highest BCUT2D eigenvalue weighted by Crippen LogP contribution is 2.23. The largest absolute Gasteiger partial charge is 0.868 e. The minimum absolute atomic E-state index is 0.210. The number of ether oxygens (including phenoxy) is 1. The molecule has 2 amide bonds. The van der Waals surface area contributed by atoms with Crippen LogP contribution < -0.4 is 20.6 Å². The van der Waals surface area contributed by atoms with Crippen LogP contribution in [-0.2, 0) is 9.59 Å². The molecule has 2 N–H and O–H groups in total. The van der Waals surface area contributed by atoms with Gasteiger partial charge in [0, 0.05) is 11.6 Å². The zero-order chi connectivity index (χ0) is 19.1. The van der Waals surface area contributed by atoms with Crippen LogP contribution in [0.4, 0.5) is 11.4 Å². The normalized spacial score (nSPS) is 10.3. The number of hydrazone groups is 1. The lowest BCUT2D eigenvalue weighted by atomic mass is 10.2. The van der Waals surface area contributed by atoms with Crippen LogP contribution in [0.15, 0.2) is 47.6 Å². The second-order valence-electron chi connectivity index (χ2n) is 4.84. The Hall–Kier alpha value is -3.95. The summed E-state index contributed by atoms with van der Waals surface area (Å²) in [5.41, 5.74) is 1.88. The lowest BCUT2D eigenvalue weighted by molar-refractivity contribution is -0.398. The fourth-order valence-corrected chi connectivity index (χ4v) is 1.90. The summed E-state index contributed by atoms with van der Waals surface area (Å²) in [5.74, 6) is -2.40. The molecule has 0 fully saturated rings. The van der Waals surface area contributed by atoms with Crippen molar-refractivity contribution in [3.8, 4) is 11.5 Å². The molecule has 0 aromatic heterocycles. The van der Waals surface area contributed by atoms with Gasteiger partial charge in [0.1, 0.15) is 5.75 Å². The van der Waals surface area contributed by atoms with Crippen molar-refractivity contribution >= 4 is 29.4 Å². The maximum absolute atomic E-state index is 11.8. The fourth-order valence-electron chi connectivity index (χ4n) is 1.90. The number of rotatable bonds is 5. The fraction of sp³-hybridized carbons (Fsp3) is 0.0625. The molecule has 2 rings (SSSR count). The van der Waals surface area contributed by atoms with Gasteiger partial charge in [0.05, 0.1) is 23.9 Å². The van der Waals surface area contributed by atoms with Crippen molar-refractivity contribution in [3.63, 3.8) is 0 Å². The molecule has 0 unspecified atom stereocenters. The van der Waals surface area contributed by atoms with E-state index in [1.165, 1.54) is 13.2 Å². The lowest BCUT2D eigenvalue weighted by Crippen LogP contribution is -2.32. The molecule has 0 aliphatic heterocycles. The number of hydrogen-bond acceptors (Lipinski definition) is 7. The van der Waals surface area contributed by atoms with Crippen molar-refractivity contribution < 1.29 is 24.4 Å². The van der Waals surface area contributed by atoms with Crippen LogP contribution in [0.1, 0.15) is 5.56 Å². The van der Waals surface area contributed by atoms with Crippen molar-refractivity contribution in [1.82, 2.24) is 5.43 Å². The van der Waals surface area contributed by atoms with Crippen molar-refractivity contribution in [3.05, 3.63) is 58.1 Å². The Labute approximate surface area is 147 Å². The monoisotopic (exact) mass is 357 g/mol. The molecule has 2 aromatic carbocycles. The van der Waals surface area contributed by atoms with Gasteiger partial charge in [-0.15, -0.1) is 0 Å². The van der Waals surface area contributed by atoms with E-state index in [2.05, 4.69) is 10.4 Å². The van der Waals surface area contributed by atoms with Crippen molar-refractivity contribution in [2.24, 2.45) is 5.10 Å². The van der Waals surface area contributed by atoms with E-state index in [1.54, 1.807) is 24.3 Å². The second-order valence-corrected chi connectivity index (χ2v) is 4.84. The third kappa shape index (κ3) is 4.54. The Balaban J connectivity index is 1.99. The standard InChI is InChI=1S/C16H14N4O6/c1-26-14-5-3-2-4-11(14)18-15(22)16(23)19-17-9-10-6-7-13(21)12(8-10)20(24)25/h2-9,21H,1H3,(H,18,22)(H,19,23)/p-1/b17-9-. The number of hydrogen-bond donors (Lipinski definition) is 2. The maximum atomic E-state index is 11.8. The molecule has 26 heavy (non-hydrogen) atoms. The molecule has 0 saturated heterocycles. The molecule has 0 bridgehead atoms. The Morgan fingerprint density at radius 3 is 2.62 bits per heavy atom. The Bertz CT molecular complexity index is 881. The highest BCUT2D eigenvalue weighted by atomic mass is 16.6. The van der Waals surface area contributed by atoms with E-state index in [-0.39, 0.29) is 5.56 Å². The number of carbonyl (C=O) groups is 2. The zero-order valence-corrected chi connectivity index (χ0v) is 13.5. The van der Waals surface area contributed by atoms with Crippen LogP contribution >= 0.6 is 0 Å². The summed E-state index contributed by atoms with van der Waals surface area (Å²) in [6, 6.07) is 9.82. The summed E-state index contributed by atoms with van der Waals surface area (Å²) >= 11 is 0. The van der Waals surface area contributed by atoms with Crippen LogP contribution in [-0.4, -0.2) is 30.1 Å². The van der Waals surface area contributed by atoms with Crippen molar-refractivity contribution in [1.29, 1.82) is 0 Å². The minimum atomic E-state index is -1.05. The average molecular weight is 357 g/mol. The van der Waals surface area contributed by atoms with E-state index in [4.69, 9.17) is 4.74 Å². The number of nitro groups is 1. The Morgan fingerprint density at radius 2 is 1.92 bits per heavy atom. The number of carbonyl (C=O) groups excluding carboxylic acids is 2. The number of anilines is 1. The van der Waals surface area contributed by atoms with Gasteiger partial charge in [-0.05, 0) is 17.9 Å². The number of nitrogens with one attached hydrogen (secondary N) is 2. The molecule has 10 nitrogen and oxygen atoms in total. The van der Waals surface area contributed by atoms with E-state index in [0.717, 1.165) is 18.3 Å². The van der Waals surface area contributed by atoms with E-state index in [0.29, 0.717) is 11.4 Å². The number of amides is 2. The number of nitro benzene ring substituents is 1. The van der Waals surface area contributed by atoms with Gasteiger partial charge in [-0.2, -0.15) is 5.10 Å². The molecular formula is C16H13N4O6-. The van der Waals surface area contributed by atoms with Crippen LogP contribution in [0.2, 0.25) is 0 Å². The summed E-state index contributed by atoms with van der Waals surface area (Å²) in [6.45, 7) is 0. The van der Waals surface area contributed by atoms with Crippen LogP contribution in [0.5, 0.6) is 11.5 Å². The average Bonchev–Trinajstić information content (AvgIpc) is 2.63. The second kappa shape index (κ2) is 8.24. The minimum Gasteiger partial charge on any atom is -0.868 e. The first-order valence-electron chi connectivity index (χ1n) is 7.15. The molecular weight excluding hydrogens is 344 g/mol. The first-order chi connectivity index (χ1) is 12.4.